The maximum atomic E-state index is 13.6. The van der Waals surface area contributed by atoms with Crippen LogP contribution in [0.2, 0.25) is 5.02 Å². The second kappa shape index (κ2) is 7.65. The summed E-state index contributed by atoms with van der Waals surface area (Å²) >= 11 is 7.43. The molecule has 2 rings (SSSR count). The lowest BCUT2D eigenvalue weighted by Crippen LogP contribution is -2.26. The molecule has 2 aromatic carbocycles. The Balaban J connectivity index is 1.84. The van der Waals surface area contributed by atoms with Gasteiger partial charge in [-0.25, -0.2) is 4.39 Å². The lowest BCUT2D eigenvalue weighted by atomic mass is 10.1. The van der Waals surface area contributed by atoms with Crippen molar-refractivity contribution < 1.29 is 9.18 Å². The summed E-state index contributed by atoms with van der Waals surface area (Å²) in [5.74, 6) is -0.291. The highest BCUT2D eigenvalue weighted by Crippen LogP contribution is 2.20. The van der Waals surface area contributed by atoms with E-state index in [4.69, 9.17) is 11.6 Å². The first-order valence-corrected chi connectivity index (χ1v) is 8.27. The predicted octanol–water partition coefficient (Wildman–Crippen LogP) is 4.62. The van der Waals surface area contributed by atoms with Gasteiger partial charge in [0.25, 0.3) is 5.91 Å². The van der Waals surface area contributed by atoms with Crippen LogP contribution in [0, 0.1) is 19.7 Å². The Kier molecular flexibility index (Phi) is 5.86. The Hall–Kier alpha value is -1.52. The molecule has 0 spiro atoms. The largest absolute Gasteiger partial charge is 0.351 e. The molecule has 5 heteroatoms. The van der Waals surface area contributed by atoms with Crippen LogP contribution in [-0.4, -0.2) is 18.2 Å². The molecule has 0 saturated heterocycles. The molecule has 1 N–H and O–H groups in total. The molecular weight excluding hydrogens is 321 g/mol. The lowest BCUT2D eigenvalue weighted by molar-refractivity contribution is 0.0952. The molecule has 116 valence electrons. The van der Waals surface area contributed by atoms with Crippen molar-refractivity contribution >= 4 is 29.3 Å². The van der Waals surface area contributed by atoms with Gasteiger partial charge in [0, 0.05) is 22.2 Å². The average molecular weight is 338 g/mol. The summed E-state index contributed by atoms with van der Waals surface area (Å²) in [7, 11) is 0. The van der Waals surface area contributed by atoms with Crippen LogP contribution in [0.5, 0.6) is 0 Å². The minimum absolute atomic E-state index is 0.0244. The molecule has 22 heavy (non-hydrogen) atoms. The third kappa shape index (κ3) is 4.49. The van der Waals surface area contributed by atoms with Crippen LogP contribution in [-0.2, 0) is 0 Å². The fraction of sp³-hybridized carbons (Fsp3) is 0.235. The molecule has 0 heterocycles. The van der Waals surface area contributed by atoms with E-state index in [-0.39, 0.29) is 5.56 Å². The van der Waals surface area contributed by atoms with Crippen LogP contribution in [0.3, 0.4) is 0 Å². The molecule has 0 fully saturated rings. The Morgan fingerprint density at radius 1 is 1.18 bits per heavy atom. The first kappa shape index (κ1) is 16.8. The molecular formula is C17H17ClFNOS. The van der Waals surface area contributed by atoms with Crippen LogP contribution in [0.15, 0.2) is 41.3 Å². The number of thioether (sulfide) groups is 1. The van der Waals surface area contributed by atoms with Gasteiger partial charge in [-0.3, -0.25) is 4.79 Å². The van der Waals surface area contributed by atoms with Crippen molar-refractivity contribution in [2.75, 3.05) is 12.3 Å². The van der Waals surface area contributed by atoms with E-state index < -0.39 is 11.7 Å². The Labute approximate surface area is 139 Å². The molecule has 0 unspecified atom stereocenters. The average Bonchev–Trinajstić information content (AvgIpc) is 2.49. The van der Waals surface area contributed by atoms with E-state index in [1.54, 1.807) is 11.8 Å². The number of carbonyl (C=O) groups excluding carboxylic acids is 1. The minimum atomic E-state index is -0.566. The Morgan fingerprint density at radius 3 is 2.68 bits per heavy atom. The number of rotatable bonds is 5. The van der Waals surface area contributed by atoms with E-state index in [0.717, 1.165) is 10.6 Å². The van der Waals surface area contributed by atoms with Crippen LogP contribution in [0.25, 0.3) is 0 Å². The van der Waals surface area contributed by atoms with Crippen molar-refractivity contribution in [3.8, 4) is 0 Å². The van der Waals surface area contributed by atoms with Gasteiger partial charge in [0.05, 0.1) is 5.56 Å². The normalized spacial score (nSPS) is 10.5. The summed E-state index contributed by atoms with van der Waals surface area (Å²) < 4.78 is 13.6. The number of aryl methyl sites for hydroxylation is 2. The molecule has 0 bridgehead atoms. The van der Waals surface area contributed by atoms with E-state index in [9.17, 15) is 9.18 Å². The smallest absolute Gasteiger partial charge is 0.254 e. The number of benzene rings is 2. The van der Waals surface area contributed by atoms with Crippen LogP contribution in [0.4, 0.5) is 4.39 Å². The number of amides is 1. The second-order valence-electron chi connectivity index (χ2n) is 4.97. The maximum absolute atomic E-state index is 13.6. The van der Waals surface area contributed by atoms with Gasteiger partial charge in [-0.15, -0.1) is 11.8 Å². The Bertz CT molecular complexity index is 690. The molecule has 0 aromatic heterocycles. The maximum Gasteiger partial charge on any atom is 0.254 e. The zero-order valence-corrected chi connectivity index (χ0v) is 14.0. The van der Waals surface area contributed by atoms with Gasteiger partial charge in [0.1, 0.15) is 5.82 Å². The van der Waals surface area contributed by atoms with E-state index in [0.29, 0.717) is 11.6 Å². The molecule has 2 aromatic rings. The monoisotopic (exact) mass is 337 g/mol. The molecule has 1 amide bonds. The highest BCUT2D eigenvalue weighted by Gasteiger charge is 2.11. The van der Waals surface area contributed by atoms with Crippen molar-refractivity contribution in [3.63, 3.8) is 0 Å². The summed E-state index contributed by atoms with van der Waals surface area (Å²) in [4.78, 5) is 13.1. The number of hydrogen-bond donors (Lipinski definition) is 1. The molecule has 0 aliphatic carbocycles. The first-order chi connectivity index (χ1) is 10.5. The summed E-state index contributed by atoms with van der Waals surface area (Å²) in [5.41, 5.74) is 2.48. The third-order valence-electron chi connectivity index (χ3n) is 3.31. The number of carbonyl (C=O) groups is 1. The quantitative estimate of drug-likeness (QED) is 0.637. The number of hydrogen-bond acceptors (Lipinski definition) is 2. The summed E-state index contributed by atoms with van der Waals surface area (Å²) in [6.07, 6.45) is 0. The van der Waals surface area contributed by atoms with Crippen molar-refractivity contribution in [3.05, 3.63) is 63.9 Å². The van der Waals surface area contributed by atoms with Gasteiger partial charge >= 0.3 is 0 Å². The third-order valence-corrected chi connectivity index (χ3v) is 4.54. The van der Waals surface area contributed by atoms with Gasteiger partial charge in [-0.2, -0.15) is 0 Å². The van der Waals surface area contributed by atoms with E-state index >= 15 is 0 Å². The van der Waals surface area contributed by atoms with Gasteiger partial charge in [0.2, 0.25) is 0 Å². The topological polar surface area (TPSA) is 29.1 Å². The van der Waals surface area contributed by atoms with Crippen molar-refractivity contribution in [2.45, 2.75) is 18.7 Å². The highest BCUT2D eigenvalue weighted by molar-refractivity contribution is 7.99. The van der Waals surface area contributed by atoms with Crippen molar-refractivity contribution in [1.82, 2.24) is 5.32 Å². The molecule has 0 saturated carbocycles. The fourth-order valence-corrected chi connectivity index (χ4v) is 2.94. The van der Waals surface area contributed by atoms with Gasteiger partial charge in [0.15, 0.2) is 0 Å². The lowest BCUT2D eigenvalue weighted by Gasteiger charge is -2.07. The van der Waals surface area contributed by atoms with Gasteiger partial charge in [-0.05, 0) is 55.3 Å². The van der Waals surface area contributed by atoms with Crippen molar-refractivity contribution in [1.29, 1.82) is 0 Å². The summed E-state index contributed by atoms with van der Waals surface area (Å²) in [6, 6.07) is 10.2. The summed E-state index contributed by atoms with van der Waals surface area (Å²) in [6.45, 7) is 4.61. The fourth-order valence-electron chi connectivity index (χ4n) is 1.90. The zero-order chi connectivity index (χ0) is 16.1. The van der Waals surface area contributed by atoms with E-state index in [1.807, 2.05) is 0 Å². The molecule has 0 radical (unpaired) electrons. The Morgan fingerprint density at radius 2 is 1.95 bits per heavy atom. The SMILES string of the molecule is Cc1ccc(SCCNC(=O)c2cc(Cl)ccc2F)cc1C. The van der Waals surface area contributed by atoms with Crippen molar-refractivity contribution in [2.24, 2.45) is 0 Å². The van der Waals surface area contributed by atoms with Crippen LogP contribution in [0.1, 0.15) is 21.5 Å². The molecule has 0 aliphatic rings. The standard InChI is InChI=1S/C17H17ClFNOS/c1-11-3-5-14(9-12(11)2)22-8-7-20-17(21)15-10-13(18)4-6-16(15)19/h3-6,9-10H,7-8H2,1-2H3,(H,20,21). The minimum Gasteiger partial charge on any atom is -0.351 e. The summed E-state index contributed by atoms with van der Waals surface area (Å²) in [5, 5.41) is 3.05. The number of halogens is 2. The van der Waals surface area contributed by atoms with Crippen LogP contribution >= 0.6 is 23.4 Å². The highest BCUT2D eigenvalue weighted by atomic mass is 35.5. The molecule has 0 aliphatic heterocycles. The molecule has 0 atom stereocenters. The van der Waals surface area contributed by atoms with Gasteiger partial charge in [-0.1, -0.05) is 17.7 Å². The van der Waals surface area contributed by atoms with E-state index in [1.165, 1.54) is 29.3 Å². The molecule has 2 nitrogen and oxygen atoms in total. The van der Waals surface area contributed by atoms with Crippen LogP contribution < -0.4 is 5.32 Å². The zero-order valence-electron chi connectivity index (χ0n) is 12.5. The van der Waals surface area contributed by atoms with Gasteiger partial charge < -0.3 is 5.32 Å². The predicted molar refractivity (Wildman–Crippen MR) is 90.4 cm³/mol. The van der Waals surface area contributed by atoms with E-state index in [2.05, 4.69) is 37.4 Å². The number of nitrogens with one attached hydrogen (secondary N) is 1. The second-order valence-corrected chi connectivity index (χ2v) is 6.58. The first-order valence-electron chi connectivity index (χ1n) is 6.90.